The molecule has 4 rings (SSSR count). The SMILES string of the molecule is COCCOc1cc2cc(c1)C(=O)NCCNC(=O)N[C@H]1CCN(CC=C(C)C)C[C@@H]1OCc1cccc(c1)O2. The summed E-state index contributed by atoms with van der Waals surface area (Å²) in [5, 5.41) is 8.77. The zero-order valence-corrected chi connectivity index (χ0v) is 23.5. The molecule has 4 bridgehead atoms. The molecule has 216 valence electrons. The number of carbonyl (C=O) groups excluding carboxylic acids is 2. The molecule has 0 saturated carbocycles. The molecule has 2 aliphatic rings. The van der Waals surface area contributed by atoms with Gasteiger partial charge in [-0.3, -0.25) is 9.69 Å². The van der Waals surface area contributed by atoms with Crippen LogP contribution in [0.4, 0.5) is 4.79 Å². The summed E-state index contributed by atoms with van der Waals surface area (Å²) >= 11 is 0. The highest BCUT2D eigenvalue weighted by atomic mass is 16.5. The quantitative estimate of drug-likeness (QED) is 0.372. The topological polar surface area (TPSA) is 110 Å². The minimum Gasteiger partial charge on any atom is -0.491 e. The number of benzene rings is 2. The monoisotopic (exact) mass is 552 g/mol. The van der Waals surface area contributed by atoms with Gasteiger partial charge in [-0.05, 0) is 50.1 Å². The molecule has 10 heteroatoms. The summed E-state index contributed by atoms with van der Waals surface area (Å²) in [5.41, 5.74) is 2.60. The van der Waals surface area contributed by atoms with Crippen LogP contribution in [-0.2, 0) is 16.1 Å². The first-order chi connectivity index (χ1) is 19.4. The summed E-state index contributed by atoms with van der Waals surface area (Å²) in [6.07, 6.45) is 2.80. The third kappa shape index (κ3) is 8.97. The number of ether oxygens (including phenoxy) is 4. The Morgan fingerprint density at radius 1 is 1.07 bits per heavy atom. The van der Waals surface area contributed by atoms with Gasteiger partial charge in [0.1, 0.15) is 23.9 Å². The van der Waals surface area contributed by atoms with E-state index in [0.29, 0.717) is 49.2 Å². The van der Waals surface area contributed by atoms with E-state index in [1.54, 1.807) is 25.3 Å². The number of allylic oxidation sites excluding steroid dienone is 1. The molecular formula is C30H40N4O6. The fourth-order valence-electron chi connectivity index (χ4n) is 4.59. The van der Waals surface area contributed by atoms with Crippen molar-refractivity contribution in [1.29, 1.82) is 0 Å². The van der Waals surface area contributed by atoms with Crippen LogP contribution in [0.3, 0.4) is 0 Å². The summed E-state index contributed by atoms with van der Waals surface area (Å²) < 4.78 is 23.4. The van der Waals surface area contributed by atoms with E-state index in [1.807, 2.05) is 24.3 Å². The van der Waals surface area contributed by atoms with Gasteiger partial charge in [-0.15, -0.1) is 0 Å². The molecule has 3 N–H and O–H groups in total. The zero-order chi connectivity index (χ0) is 28.3. The van der Waals surface area contributed by atoms with Crippen molar-refractivity contribution in [2.24, 2.45) is 0 Å². The Balaban J connectivity index is 1.56. The van der Waals surface area contributed by atoms with Gasteiger partial charge in [-0.2, -0.15) is 0 Å². The summed E-state index contributed by atoms with van der Waals surface area (Å²) in [5.74, 6) is 1.29. The molecule has 0 unspecified atom stereocenters. The fourth-order valence-corrected chi connectivity index (χ4v) is 4.59. The Labute approximate surface area is 236 Å². The molecule has 3 amide bonds. The van der Waals surface area contributed by atoms with E-state index in [9.17, 15) is 9.59 Å². The van der Waals surface area contributed by atoms with Crippen LogP contribution in [0.1, 0.15) is 36.2 Å². The lowest BCUT2D eigenvalue weighted by molar-refractivity contribution is -0.0258. The second-order valence-electron chi connectivity index (χ2n) is 10.2. The van der Waals surface area contributed by atoms with Gasteiger partial charge < -0.3 is 34.9 Å². The van der Waals surface area contributed by atoms with E-state index in [4.69, 9.17) is 18.9 Å². The maximum absolute atomic E-state index is 12.9. The molecule has 2 aromatic rings. The van der Waals surface area contributed by atoms with Crippen LogP contribution in [-0.4, -0.2) is 82.0 Å². The molecule has 2 atom stereocenters. The van der Waals surface area contributed by atoms with Gasteiger partial charge in [0.15, 0.2) is 0 Å². The third-order valence-electron chi connectivity index (χ3n) is 6.71. The molecule has 0 spiro atoms. The van der Waals surface area contributed by atoms with Crippen molar-refractivity contribution in [2.45, 2.75) is 39.0 Å². The maximum Gasteiger partial charge on any atom is 0.315 e. The van der Waals surface area contributed by atoms with Gasteiger partial charge in [0, 0.05) is 51.5 Å². The number of piperidine rings is 1. The van der Waals surface area contributed by atoms with Crippen molar-refractivity contribution < 1.29 is 28.5 Å². The van der Waals surface area contributed by atoms with E-state index in [1.165, 1.54) is 5.57 Å². The number of rotatable bonds is 6. The van der Waals surface area contributed by atoms with Crippen LogP contribution >= 0.6 is 0 Å². The van der Waals surface area contributed by atoms with Crippen molar-refractivity contribution in [3.8, 4) is 17.2 Å². The van der Waals surface area contributed by atoms with Crippen LogP contribution in [0.5, 0.6) is 17.2 Å². The van der Waals surface area contributed by atoms with E-state index < -0.39 is 0 Å². The molecule has 2 aliphatic heterocycles. The number of hydrogen-bond donors (Lipinski definition) is 3. The Morgan fingerprint density at radius 2 is 1.93 bits per heavy atom. The van der Waals surface area contributed by atoms with Crippen LogP contribution in [0.25, 0.3) is 0 Å². The van der Waals surface area contributed by atoms with Crippen LogP contribution in [0.2, 0.25) is 0 Å². The predicted octanol–water partition coefficient (Wildman–Crippen LogP) is 3.47. The van der Waals surface area contributed by atoms with E-state index >= 15 is 0 Å². The number of hydrogen-bond acceptors (Lipinski definition) is 7. The Morgan fingerprint density at radius 3 is 2.75 bits per heavy atom. The van der Waals surface area contributed by atoms with Gasteiger partial charge in [-0.25, -0.2) is 4.79 Å². The largest absolute Gasteiger partial charge is 0.491 e. The number of amides is 3. The standard InChI is InChI=1S/C30H40N4O6/c1-21(2)7-11-34-12-8-27-28(19-34)39-20-22-5-4-6-24(15-22)40-26-17-23(16-25(18-26)38-14-13-37-3)29(35)31-9-10-32-30(36)33-27/h4-7,15-18,27-28H,8-14,19-20H2,1-3H3,(H,31,35)(H2,32,33,36)/t27-,28-/m0/s1. The second-order valence-corrected chi connectivity index (χ2v) is 10.2. The third-order valence-corrected chi connectivity index (χ3v) is 6.71. The summed E-state index contributed by atoms with van der Waals surface area (Å²) in [6, 6.07) is 12.3. The number of urea groups is 1. The average molecular weight is 553 g/mol. The first kappa shape index (κ1) is 29.4. The van der Waals surface area contributed by atoms with E-state index in [0.717, 1.165) is 25.1 Å². The van der Waals surface area contributed by atoms with Crippen LogP contribution in [0.15, 0.2) is 54.1 Å². The molecule has 0 aromatic heterocycles. The van der Waals surface area contributed by atoms with Crippen molar-refractivity contribution in [3.05, 3.63) is 65.2 Å². The Kier molecular flexibility index (Phi) is 10.8. The molecule has 0 radical (unpaired) electrons. The number of fused-ring (bicyclic) bond motifs is 5. The van der Waals surface area contributed by atoms with Crippen molar-refractivity contribution in [3.63, 3.8) is 0 Å². The molecule has 0 aliphatic carbocycles. The Hall–Kier alpha value is -3.60. The van der Waals surface area contributed by atoms with Gasteiger partial charge >= 0.3 is 6.03 Å². The number of nitrogens with zero attached hydrogens (tertiary/aromatic N) is 1. The normalized spacial score (nSPS) is 20.4. The van der Waals surface area contributed by atoms with E-state index in [-0.39, 0.29) is 37.2 Å². The van der Waals surface area contributed by atoms with Crippen LogP contribution < -0.4 is 25.4 Å². The van der Waals surface area contributed by atoms with Gasteiger partial charge in [0.25, 0.3) is 5.91 Å². The number of carbonyl (C=O) groups is 2. The molecule has 40 heavy (non-hydrogen) atoms. The van der Waals surface area contributed by atoms with Crippen molar-refractivity contribution in [1.82, 2.24) is 20.9 Å². The molecule has 1 fully saturated rings. The smallest absolute Gasteiger partial charge is 0.315 e. The zero-order valence-electron chi connectivity index (χ0n) is 23.5. The number of nitrogens with one attached hydrogen (secondary N) is 3. The van der Waals surface area contributed by atoms with Crippen LogP contribution in [0, 0.1) is 0 Å². The average Bonchev–Trinajstić information content (AvgIpc) is 2.93. The van der Waals surface area contributed by atoms with E-state index in [2.05, 4.69) is 40.8 Å². The molecule has 2 heterocycles. The summed E-state index contributed by atoms with van der Waals surface area (Å²) in [7, 11) is 1.60. The molecule has 1 saturated heterocycles. The lowest BCUT2D eigenvalue weighted by Gasteiger charge is -2.38. The summed E-state index contributed by atoms with van der Waals surface area (Å²) in [6.45, 7) is 8.26. The highest BCUT2D eigenvalue weighted by molar-refractivity contribution is 5.95. The highest BCUT2D eigenvalue weighted by Crippen LogP contribution is 2.29. The first-order valence-corrected chi connectivity index (χ1v) is 13.7. The van der Waals surface area contributed by atoms with Gasteiger partial charge in [-0.1, -0.05) is 23.8 Å². The Bertz CT molecular complexity index is 1180. The summed E-state index contributed by atoms with van der Waals surface area (Å²) in [4.78, 5) is 28.0. The second kappa shape index (κ2) is 14.7. The first-order valence-electron chi connectivity index (χ1n) is 13.7. The molecule has 2 aromatic carbocycles. The van der Waals surface area contributed by atoms with Crippen molar-refractivity contribution >= 4 is 11.9 Å². The van der Waals surface area contributed by atoms with Gasteiger partial charge in [0.05, 0.1) is 25.4 Å². The highest BCUT2D eigenvalue weighted by Gasteiger charge is 2.31. The minimum atomic E-state index is -0.295. The maximum atomic E-state index is 12.9. The van der Waals surface area contributed by atoms with Crippen molar-refractivity contribution in [2.75, 3.05) is 53.0 Å². The number of likely N-dealkylation sites (tertiary alicyclic amines) is 1. The predicted molar refractivity (Wildman–Crippen MR) is 152 cm³/mol. The lowest BCUT2D eigenvalue weighted by Crippen LogP contribution is -2.57. The molecular weight excluding hydrogens is 512 g/mol. The lowest BCUT2D eigenvalue weighted by atomic mass is 10.0. The number of methoxy groups -OCH3 is 1. The van der Waals surface area contributed by atoms with Gasteiger partial charge in [0.2, 0.25) is 0 Å². The fraction of sp³-hybridized carbons (Fsp3) is 0.467. The minimum absolute atomic E-state index is 0.132. The molecule has 10 nitrogen and oxygen atoms in total.